The largest absolute Gasteiger partial charge is 0.462 e. The number of benzene rings is 2. The van der Waals surface area contributed by atoms with E-state index in [4.69, 9.17) is 4.74 Å². The number of ether oxygens (including phenoxy) is 1. The van der Waals surface area contributed by atoms with E-state index in [1.54, 1.807) is 31.2 Å². The van der Waals surface area contributed by atoms with E-state index in [1.807, 2.05) is 18.2 Å². The van der Waals surface area contributed by atoms with Crippen molar-refractivity contribution >= 4 is 56.9 Å². The second-order valence-electron chi connectivity index (χ2n) is 5.79. The predicted molar refractivity (Wildman–Crippen MR) is 108 cm³/mol. The highest BCUT2D eigenvalue weighted by atomic mass is 79.9. The molecule has 140 valence electrons. The predicted octanol–water partition coefficient (Wildman–Crippen LogP) is 4.07. The van der Waals surface area contributed by atoms with Crippen molar-refractivity contribution in [1.29, 1.82) is 0 Å². The van der Waals surface area contributed by atoms with Crippen LogP contribution >= 0.6 is 27.7 Å². The molecule has 0 aliphatic carbocycles. The van der Waals surface area contributed by atoms with E-state index in [-0.39, 0.29) is 18.2 Å². The number of halogens is 1. The monoisotopic (exact) mass is 448 g/mol. The molecule has 2 amide bonds. The fraction of sp³-hybridized carbons (Fsp3) is 0.211. The van der Waals surface area contributed by atoms with Gasteiger partial charge in [0.2, 0.25) is 11.8 Å². The first-order valence-corrected chi connectivity index (χ1v) is 9.97. The Balaban J connectivity index is 1.60. The second kappa shape index (κ2) is 8.58. The van der Waals surface area contributed by atoms with Crippen LogP contribution in [-0.2, 0) is 14.3 Å². The summed E-state index contributed by atoms with van der Waals surface area (Å²) in [6.45, 7) is 2.04. The van der Waals surface area contributed by atoms with Gasteiger partial charge in [0.1, 0.15) is 0 Å². The highest BCUT2D eigenvalue weighted by molar-refractivity contribution is 9.10. The molecule has 1 aliphatic heterocycles. The van der Waals surface area contributed by atoms with Crippen LogP contribution in [0, 0.1) is 0 Å². The fourth-order valence-electron chi connectivity index (χ4n) is 2.54. The van der Waals surface area contributed by atoms with Gasteiger partial charge in [-0.2, -0.15) is 0 Å². The van der Waals surface area contributed by atoms with Crippen LogP contribution in [0.15, 0.2) is 51.8 Å². The Morgan fingerprint density at radius 2 is 1.96 bits per heavy atom. The zero-order valence-electron chi connectivity index (χ0n) is 14.5. The zero-order valence-corrected chi connectivity index (χ0v) is 16.9. The Bertz CT molecular complexity index is 886. The topological polar surface area (TPSA) is 84.5 Å². The molecule has 0 fully saturated rings. The Kier molecular flexibility index (Phi) is 6.18. The van der Waals surface area contributed by atoms with Crippen LogP contribution in [0.2, 0.25) is 0 Å². The Morgan fingerprint density at radius 1 is 1.22 bits per heavy atom. The SMILES string of the molecule is CCOC(=O)c1ccc(NC(=O)CC2Sc3ccc(Br)cc3NC2=O)cc1. The number of carbonyl (C=O) groups excluding carboxylic acids is 3. The van der Waals surface area contributed by atoms with Gasteiger partial charge in [-0.3, -0.25) is 9.59 Å². The smallest absolute Gasteiger partial charge is 0.338 e. The van der Waals surface area contributed by atoms with Crippen LogP contribution in [0.1, 0.15) is 23.7 Å². The first-order valence-electron chi connectivity index (χ1n) is 8.30. The van der Waals surface area contributed by atoms with Gasteiger partial charge < -0.3 is 15.4 Å². The number of hydrogen-bond donors (Lipinski definition) is 2. The minimum Gasteiger partial charge on any atom is -0.462 e. The number of amides is 2. The summed E-state index contributed by atoms with van der Waals surface area (Å²) in [6.07, 6.45) is 0.0473. The number of fused-ring (bicyclic) bond motifs is 1. The van der Waals surface area contributed by atoms with Crippen molar-refractivity contribution in [2.75, 3.05) is 17.2 Å². The van der Waals surface area contributed by atoms with Crippen molar-refractivity contribution in [3.8, 4) is 0 Å². The molecule has 0 bridgehead atoms. The van der Waals surface area contributed by atoms with Crippen molar-refractivity contribution < 1.29 is 19.1 Å². The lowest BCUT2D eigenvalue weighted by Crippen LogP contribution is -2.32. The highest BCUT2D eigenvalue weighted by Gasteiger charge is 2.29. The van der Waals surface area contributed by atoms with E-state index in [9.17, 15) is 14.4 Å². The molecule has 2 N–H and O–H groups in total. The molecular weight excluding hydrogens is 432 g/mol. The number of nitrogens with one attached hydrogen (secondary N) is 2. The standard InChI is InChI=1S/C19H17BrN2O4S/c1-2-26-19(25)11-3-6-13(7-4-11)21-17(23)10-16-18(24)22-14-9-12(20)5-8-15(14)27-16/h3-9,16H,2,10H2,1H3,(H,21,23)(H,22,24). The Labute approximate surface area is 169 Å². The minimum atomic E-state index is -0.502. The maximum atomic E-state index is 12.3. The molecular formula is C19H17BrN2O4S. The molecule has 1 unspecified atom stereocenters. The van der Waals surface area contributed by atoms with Gasteiger partial charge in [0.05, 0.1) is 23.1 Å². The molecule has 6 nitrogen and oxygen atoms in total. The number of anilines is 2. The van der Waals surface area contributed by atoms with Gasteiger partial charge in [-0.05, 0) is 49.4 Å². The number of hydrogen-bond acceptors (Lipinski definition) is 5. The van der Waals surface area contributed by atoms with Gasteiger partial charge in [0.25, 0.3) is 0 Å². The third-order valence-electron chi connectivity index (χ3n) is 3.81. The summed E-state index contributed by atoms with van der Waals surface area (Å²) in [4.78, 5) is 37.1. The number of esters is 1. The minimum absolute atomic E-state index is 0.0473. The molecule has 8 heteroatoms. The summed E-state index contributed by atoms with van der Waals surface area (Å²) in [6, 6.07) is 12.1. The lowest BCUT2D eigenvalue weighted by Gasteiger charge is -2.23. The average molecular weight is 449 g/mol. The summed E-state index contributed by atoms with van der Waals surface area (Å²) in [5.41, 5.74) is 1.71. The summed E-state index contributed by atoms with van der Waals surface area (Å²) in [5, 5.41) is 5.08. The number of thioether (sulfide) groups is 1. The molecule has 1 heterocycles. The number of carbonyl (C=O) groups is 3. The molecule has 1 atom stereocenters. The highest BCUT2D eigenvalue weighted by Crippen LogP contribution is 2.38. The molecule has 2 aromatic rings. The lowest BCUT2D eigenvalue weighted by atomic mass is 10.2. The normalized spacial score (nSPS) is 15.5. The van der Waals surface area contributed by atoms with Gasteiger partial charge in [0.15, 0.2) is 0 Å². The molecule has 1 aliphatic rings. The third-order valence-corrected chi connectivity index (χ3v) is 5.58. The van der Waals surface area contributed by atoms with Crippen molar-refractivity contribution in [3.63, 3.8) is 0 Å². The second-order valence-corrected chi connectivity index (χ2v) is 7.95. The van der Waals surface area contributed by atoms with Crippen LogP contribution in [-0.4, -0.2) is 29.6 Å². The Morgan fingerprint density at radius 3 is 2.67 bits per heavy atom. The Hall–Kier alpha value is -2.32. The van der Waals surface area contributed by atoms with Gasteiger partial charge in [-0.1, -0.05) is 15.9 Å². The number of rotatable bonds is 5. The van der Waals surface area contributed by atoms with Crippen LogP contribution < -0.4 is 10.6 Å². The van der Waals surface area contributed by atoms with E-state index in [0.717, 1.165) is 15.1 Å². The van der Waals surface area contributed by atoms with Crippen molar-refractivity contribution in [2.24, 2.45) is 0 Å². The summed E-state index contributed by atoms with van der Waals surface area (Å²) >= 11 is 4.74. The molecule has 0 saturated heterocycles. The van der Waals surface area contributed by atoms with Gasteiger partial charge >= 0.3 is 5.97 Å². The molecule has 2 aromatic carbocycles. The fourth-order valence-corrected chi connectivity index (χ4v) is 3.99. The van der Waals surface area contributed by atoms with E-state index < -0.39 is 11.2 Å². The van der Waals surface area contributed by atoms with Crippen molar-refractivity contribution in [2.45, 2.75) is 23.5 Å². The first-order chi connectivity index (χ1) is 13.0. The van der Waals surface area contributed by atoms with Crippen LogP contribution in [0.5, 0.6) is 0 Å². The third kappa shape index (κ3) is 4.90. The quantitative estimate of drug-likeness (QED) is 0.673. The molecule has 27 heavy (non-hydrogen) atoms. The van der Waals surface area contributed by atoms with Gasteiger partial charge in [0, 0.05) is 21.5 Å². The molecule has 0 spiro atoms. The molecule has 3 rings (SSSR count). The van der Waals surface area contributed by atoms with E-state index in [1.165, 1.54) is 11.8 Å². The van der Waals surface area contributed by atoms with Gasteiger partial charge in [-0.15, -0.1) is 11.8 Å². The maximum absolute atomic E-state index is 12.3. The molecule has 0 radical (unpaired) electrons. The molecule has 0 aromatic heterocycles. The van der Waals surface area contributed by atoms with Crippen LogP contribution in [0.3, 0.4) is 0 Å². The summed E-state index contributed by atoms with van der Waals surface area (Å²) in [7, 11) is 0. The van der Waals surface area contributed by atoms with Gasteiger partial charge in [-0.25, -0.2) is 4.79 Å². The van der Waals surface area contributed by atoms with E-state index in [2.05, 4.69) is 26.6 Å². The first kappa shape index (κ1) is 19.4. The lowest BCUT2D eigenvalue weighted by molar-refractivity contribution is -0.120. The van der Waals surface area contributed by atoms with E-state index in [0.29, 0.717) is 17.9 Å². The zero-order chi connectivity index (χ0) is 19.4. The van der Waals surface area contributed by atoms with Crippen LogP contribution in [0.25, 0.3) is 0 Å². The molecule has 0 saturated carbocycles. The summed E-state index contributed by atoms with van der Waals surface area (Å²) < 4.78 is 5.80. The van der Waals surface area contributed by atoms with Crippen molar-refractivity contribution in [1.82, 2.24) is 0 Å². The van der Waals surface area contributed by atoms with Crippen molar-refractivity contribution in [3.05, 3.63) is 52.5 Å². The van der Waals surface area contributed by atoms with Crippen LogP contribution in [0.4, 0.5) is 11.4 Å². The average Bonchev–Trinajstić information content (AvgIpc) is 2.63. The summed E-state index contributed by atoms with van der Waals surface area (Å²) in [5.74, 6) is -0.874. The van der Waals surface area contributed by atoms with E-state index >= 15 is 0 Å². The maximum Gasteiger partial charge on any atom is 0.338 e.